The molecule has 0 aliphatic carbocycles. The summed E-state index contributed by atoms with van der Waals surface area (Å²) < 4.78 is 6.51. The van der Waals surface area contributed by atoms with Gasteiger partial charge in [-0.15, -0.1) is 10.2 Å². The van der Waals surface area contributed by atoms with Gasteiger partial charge in [0.05, 0.1) is 37.8 Å². The summed E-state index contributed by atoms with van der Waals surface area (Å²) in [5.74, 6) is 7.34. The van der Waals surface area contributed by atoms with Crippen molar-refractivity contribution in [2.45, 2.75) is 24.4 Å². The number of thioether (sulfide) groups is 1. The zero-order valence-corrected chi connectivity index (χ0v) is 16.4. The molecular formula is C18H21N7O2S. The number of nitrogen functional groups attached to an aromatic ring is 1. The molecule has 0 aliphatic rings. The van der Waals surface area contributed by atoms with Crippen molar-refractivity contribution >= 4 is 17.7 Å². The first-order chi connectivity index (χ1) is 13.6. The van der Waals surface area contributed by atoms with Crippen LogP contribution in [0.4, 0.5) is 0 Å². The monoisotopic (exact) mass is 399 g/mol. The van der Waals surface area contributed by atoms with E-state index < -0.39 is 0 Å². The Morgan fingerprint density at radius 2 is 1.86 bits per heavy atom. The third-order valence-electron chi connectivity index (χ3n) is 3.92. The second kappa shape index (κ2) is 10.8. The highest BCUT2D eigenvalue weighted by atomic mass is 32.2. The first-order valence-electron chi connectivity index (χ1n) is 8.55. The molecule has 1 aromatic heterocycles. The lowest BCUT2D eigenvalue weighted by molar-refractivity contribution is -0.128. The Morgan fingerprint density at radius 1 is 1.21 bits per heavy atom. The van der Waals surface area contributed by atoms with Crippen molar-refractivity contribution in [3.8, 4) is 17.9 Å². The van der Waals surface area contributed by atoms with Crippen LogP contribution < -0.4 is 10.6 Å². The highest BCUT2D eigenvalue weighted by Gasteiger charge is 2.17. The Kier molecular flexibility index (Phi) is 8.12. The number of methoxy groups -OCH3 is 1. The van der Waals surface area contributed by atoms with Gasteiger partial charge in [-0.25, -0.2) is 4.68 Å². The van der Waals surface area contributed by atoms with E-state index in [1.165, 1.54) is 21.3 Å². The van der Waals surface area contributed by atoms with E-state index >= 15 is 0 Å². The number of nitrogens with zero attached hydrogens (tertiary/aromatic N) is 6. The summed E-state index contributed by atoms with van der Waals surface area (Å²) in [7, 11) is 1.61. The molecule has 0 bridgehead atoms. The zero-order valence-electron chi connectivity index (χ0n) is 15.5. The third-order valence-corrected chi connectivity index (χ3v) is 4.85. The van der Waals surface area contributed by atoms with E-state index in [1.807, 2.05) is 36.4 Å². The maximum atomic E-state index is 12.4. The van der Waals surface area contributed by atoms with Gasteiger partial charge in [0, 0.05) is 19.5 Å². The molecule has 10 heteroatoms. The van der Waals surface area contributed by atoms with Crippen LogP contribution in [-0.2, 0) is 11.2 Å². The van der Waals surface area contributed by atoms with Crippen LogP contribution in [0.2, 0.25) is 0 Å². The molecule has 0 radical (unpaired) electrons. The van der Waals surface area contributed by atoms with Crippen molar-refractivity contribution in [3.63, 3.8) is 0 Å². The minimum Gasteiger partial charge on any atom is -0.497 e. The maximum absolute atomic E-state index is 12.4. The molecule has 2 rings (SSSR count). The first kappa shape index (κ1) is 21.1. The van der Waals surface area contributed by atoms with Gasteiger partial charge in [-0.2, -0.15) is 10.5 Å². The minimum absolute atomic E-state index is 0.106. The predicted molar refractivity (Wildman–Crippen MR) is 104 cm³/mol. The Bertz CT molecular complexity index is 850. The molecule has 146 valence electrons. The molecule has 1 heterocycles. The van der Waals surface area contributed by atoms with E-state index in [9.17, 15) is 4.79 Å². The average Bonchev–Trinajstić information content (AvgIpc) is 3.06. The van der Waals surface area contributed by atoms with E-state index in [2.05, 4.69) is 10.2 Å². The molecule has 0 saturated carbocycles. The minimum atomic E-state index is -0.171. The number of rotatable bonds is 10. The Hall–Kier alpha value is -3.24. The molecule has 0 atom stereocenters. The van der Waals surface area contributed by atoms with Crippen molar-refractivity contribution in [2.75, 3.05) is 31.8 Å². The normalized spacial score (nSPS) is 10.1. The summed E-state index contributed by atoms with van der Waals surface area (Å²) >= 11 is 1.18. The Balaban J connectivity index is 1.96. The molecule has 2 N–H and O–H groups in total. The van der Waals surface area contributed by atoms with E-state index in [0.29, 0.717) is 30.5 Å². The van der Waals surface area contributed by atoms with Gasteiger partial charge in [-0.1, -0.05) is 23.9 Å². The zero-order chi connectivity index (χ0) is 20.4. The molecule has 0 unspecified atom stereocenters. The maximum Gasteiger partial charge on any atom is 0.233 e. The number of nitrogens with two attached hydrogens (primary N) is 1. The van der Waals surface area contributed by atoms with Gasteiger partial charge >= 0.3 is 0 Å². The van der Waals surface area contributed by atoms with Crippen LogP contribution in [0.3, 0.4) is 0 Å². The number of nitriles is 2. The predicted octanol–water partition coefficient (Wildman–Crippen LogP) is 1.34. The fourth-order valence-electron chi connectivity index (χ4n) is 2.40. The van der Waals surface area contributed by atoms with E-state index in [1.54, 1.807) is 7.11 Å². The lowest BCUT2D eigenvalue weighted by Gasteiger charge is -2.19. The standard InChI is InChI=1S/C18H21N7O2S/c1-27-15-6-4-14(5-7-15)12-16-22-23-18(25(16)21)28-13-17(26)24(10-2-8-19)11-3-9-20/h4-7H,2-3,10-13,21H2,1H3. The van der Waals surface area contributed by atoms with Crippen LogP contribution in [0.5, 0.6) is 5.75 Å². The molecule has 0 aliphatic heterocycles. The molecule has 1 aromatic carbocycles. The van der Waals surface area contributed by atoms with Crippen molar-refractivity contribution in [1.82, 2.24) is 19.8 Å². The number of carbonyl (C=O) groups is 1. The topological polar surface area (TPSA) is 134 Å². The molecule has 0 saturated heterocycles. The van der Waals surface area contributed by atoms with Crippen LogP contribution in [0, 0.1) is 22.7 Å². The van der Waals surface area contributed by atoms with Crippen LogP contribution in [0.25, 0.3) is 0 Å². The van der Waals surface area contributed by atoms with Crippen LogP contribution in [0.1, 0.15) is 24.2 Å². The molecular weight excluding hydrogens is 378 g/mol. The highest BCUT2D eigenvalue weighted by Crippen LogP contribution is 2.18. The van der Waals surface area contributed by atoms with Crippen LogP contribution in [-0.4, -0.2) is 51.6 Å². The van der Waals surface area contributed by atoms with Gasteiger partial charge in [0.15, 0.2) is 5.82 Å². The van der Waals surface area contributed by atoms with E-state index in [4.69, 9.17) is 21.1 Å². The number of carbonyl (C=O) groups excluding carboxylic acids is 1. The molecule has 0 fully saturated rings. The summed E-state index contributed by atoms with van der Waals surface area (Å²) in [6.45, 7) is 0.602. The van der Waals surface area contributed by atoms with Gasteiger partial charge in [-0.05, 0) is 17.7 Å². The molecule has 28 heavy (non-hydrogen) atoms. The van der Waals surface area contributed by atoms with E-state index in [0.717, 1.165) is 11.3 Å². The van der Waals surface area contributed by atoms with Crippen molar-refractivity contribution in [3.05, 3.63) is 35.7 Å². The summed E-state index contributed by atoms with van der Waals surface area (Å²) in [6.07, 6.45) is 0.945. The molecule has 0 spiro atoms. The summed E-state index contributed by atoms with van der Waals surface area (Å²) in [6, 6.07) is 11.6. The largest absolute Gasteiger partial charge is 0.497 e. The smallest absolute Gasteiger partial charge is 0.233 e. The first-order valence-corrected chi connectivity index (χ1v) is 9.54. The third kappa shape index (κ3) is 5.89. The van der Waals surface area contributed by atoms with Gasteiger partial charge < -0.3 is 15.5 Å². The van der Waals surface area contributed by atoms with Crippen molar-refractivity contribution in [1.29, 1.82) is 10.5 Å². The number of amides is 1. The van der Waals surface area contributed by atoms with Gasteiger partial charge in [0.25, 0.3) is 0 Å². The quantitative estimate of drug-likeness (QED) is 0.467. The van der Waals surface area contributed by atoms with Crippen LogP contribution in [0.15, 0.2) is 29.4 Å². The lowest BCUT2D eigenvalue weighted by Crippen LogP contribution is -2.34. The van der Waals surface area contributed by atoms with Crippen molar-refractivity contribution < 1.29 is 9.53 Å². The SMILES string of the molecule is COc1ccc(Cc2nnc(SCC(=O)N(CCC#N)CCC#N)n2N)cc1. The number of aromatic nitrogens is 3. The number of benzene rings is 1. The number of hydrogen-bond donors (Lipinski definition) is 1. The van der Waals surface area contributed by atoms with Crippen LogP contribution >= 0.6 is 11.8 Å². The average molecular weight is 399 g/mol. The number of ether oxygens (including phenoxy) is 1. The Labute approximate surface area is 167 Å². The van der Waals surface area contributed by atoms with Gasteiger partial charge in [-0.3, -0.25) is 4.79 Å². The van der Waals surface area contributed by atoms with Gasteiger partial charge in [0.2, 0.25) is 11.1 Å². The second-order valence-corrected chi connectivity index (χ2v) is 6.72. The van der Waals surface area contributed by atoms with Crippen molar-refractivity contribution in [2.24, 2.45) is 0 Å². The second-order valence-electron chi connectivity index (χ2n) is 5.78. The summed E-state index contributed by atoms with van der Waals surface area (Å²) in [4.78, 5) is 13.9. The highest BCUT2D eigenvalue weighted by molar-refractivity contribution is 7.99. The Morgan fingerprint density at radius 3 is 2.43 bits per heavy atom. The molecule has 1 amide bonds. The summed E-state index contributed by atoms with van der Waals surface area (Å²) in [5, 5.41) is 26.0. The molecule has 2 aromatic rings. The lowest BCUT2D eigenvalue weighted by atomic mass is 10.1. The van der Waals surface area contributed by atoms with E-state index in [-0.39, 0.29) is 24.5 Å². The molecule has 9 nitrogen and oxygen atoms in total. The van der Waals surface area contributed by atoms with Gasteiger partial charge in [0.1, 0.15) is 5.75 Å². The fraction of sp³-hybridized carbons (Fsp3) is 0.389. The fourth-order valence-corrected chi connectivity index (χ4v) is 3.18. The number of hydrogen-bond acceptors (Lipinski definition) is 8. The summed E-state index contributed by atoms with van der Waals surface area (Å²) in [5.41, 5.74) is 1.01.